The first kappa shape index (κ1) is 27.6. The molecule has 0 saturated heterocycles. The Morgan fingerprint density at radius 2 is 1.69 bits per heavy atom. The van der Waals surface area contributed by atoms with Crippen LogP contribution >= 0.6 is 0 Å². The zero-order valence-corrected chi connectivity index (χ0v) is 20.6. The Kier molecular flexibility index (Phi) is 25.3. The van der Waals surface area contributed by atoms with Crippen LogP contribution in [-0.2, 0) is 98.1 Å². The van der Waals surface area contributed by atoms with Gasteiger partial charge in [0, 0.05) is 98.1 Å². The monoisotopic (exact) mass is 509 g/mol. The van der Waals surface area contributed by atoms with Crippen molar-refractivity contribution in [3.05, 3.63) is 48.0 Å². The molecule has 0 aliphatic rings. The van der Waals surface area contributed by atoms with Crippen molar-refractivity contribution in [2.24, 2.45) is 0 Å². The molecule has 0 aromatic heterocycles. The number of halogens is 1. The molecule has 2 aromatic rings. The molecular weight excluding hydrogens is 503 g/mol. The fourth-order valence-corrected chi connectivity index (χ4v) is 1.10. The van der Waals surface area contributed by atoms with Gasteiger partial charge in [0.05, 0.1) is 0 Å². The van der Waals surface area contributed by atoms with Gasteiger partial charge < -0.3 is 29.1 Å². The summed E-state index contributed by atoms with van der Waals surface area (Å²) in [5.41, 5.74) is 1.06. The summed E-state index contributed by atoms with van der Waals surface area (Å²) >= 11 is 0. The van der Waals surface area contributed by atoms with Gasteiger partial charge in [-0.25, -0.2) is 6.07 Å². The summed E-state index contributed by atoms with van der Waals surface area (Å²) in [6, 6.07) is 17.2. The minimum absolute atomic E-state index is 0. The molecule has 16 heavy (non-hydrogen) atoms. The van der Waals surface area contributed by atoms with Crippen LogP contribution in [0.25, 0.3) is 10.8 Å². The van der Waals surface area contributed by atoms with Crippen molar-refractivity contribution >= 4 is 33.8 Å². The van der Waals surface area contributed by atoms with Crippen molar-refractivity contribution in [1.82, 2.24) is 0 Å². The number of hydrogen-bond donors (Lipinski definition) is 0. The minimum atomic E-state index is 0. The second-order valence-corrected chi connectivity index (χ2v) is 2.55. The van der Waals surface area contributed by atoms with Crippen LogP contribution in [-0.4, -0.2) is 23.1 Å². The Morgan fingerprint density at radius 1 is 1.06 bits per heavy atom. The van der Waals surface area contributed by atoms with Gasteiger partial charge in [0.1, 0.15) is 0 Å². The molecule has 2 rings (SSSR count). The van der Waals surface area contributed by atoms with Crippen molar-refractivity contribution in [2.75, 3.05) is 0 Å². The zero-order chi connectivity index (χ0) is 7.68. The molecule has 0 saturated carbocycles. The van der Waals surface area contributed by atoms with Crippen molar-refractivity contribution in [1.29, 1.82) is 0 Å². The molecule has 0 bridgehead atoms. The normalized spacial score (nSPS) is 7.06. The van der Waals surface area contributed by atoms with Crippen molar-refractivity contribution in [3.8, 4) is 0 Å². The van der Waals surface area contributed by atoms with Crippen molar-refractivity contribution in [2.45, 2.75) is 6.92 Å². The standard InChI is InChI=1S/C11H7.BrH.Mg.3Y/c1-9-6-7-10-4-2-3-5-11(10)8-9;;;;;/h3-5,7H,1H3;1H;;;;/q-3;;+2;;;/p-1. The van der Waals surface area contributed by atoms with E-state index in [0.29, 0.717) is 0 Å². The topological polar surface area (TPSA) is 0 Å². The number of fused-ring (bicyclic) bond motifs is 1. The van der Waals surface area contributed by atoms with Gasteiger partial charge in [0.2, 0.25) is 0 Å². The van der Waals surface area contributed by atoms with Gasteiger partial charge in [0.25, 0.3) is 0 Å². The van der Waals surface area contributed by atoms with Crippen LogP contribution < -0.4 is 17.0 Å². The van der Waals surface area contributed by atoms with Crippen LogP contribution in [0.5, 0.6) is 0 Å². The van der Waals surface area contributed by atoms with Crippen LogP contribution in [0, 0.1) is 25.1 Å². The average molecular weight is 510 g/mol. The van der Waals surface area contributed by atoms with E-state index in [4.69, 9.17) is 0 Å². The largest absolute Gasteiger partial charge is 2.00 e. The summed E-state index contributed by atoms with van der Waals surface area (Å²) < 4.78 is 0. The Labute approximate surface area is 199 Å². The summed E-state index contributed by atoms with van der Waals surface area (Å²) in [5, 5.41) is 2.29. The molecule has 0 nitrogen and oxygen atoms in total. The third kappa shape index (κ3) is 8.43. The molecule has 0 aliphatic carbocycles. The maximum absolute atomic E-state index is 3.21. The van der Waals surface area contributed by atoms with Crippen molar-refractivity contribution in [3.63, 3.8) is 0 Å². The van der Waals surface area contributed by atoms with Crippen LogP contribution in [0.1, 0.15) is 5.56 Å². The van der Waals surface area contributed by atoms with E-state index in [1.165, 1.54) is 0 Å². The quantitative estimate of drug-likeness (QED) is 0.321. The molecule has 3 radical (unpaired) electrons. The Bertz CT molecular complexity index is 396. The summed E-state index contributed by atoms with van der Waals surface area (Å²) in [5.74, 6) is 0. The minimum Gasteiger partial charge on any atom is -1.00 e. The van der Waals surface area contributed by atoms with E-state index in [1.54, 1.807) is 0 Å². The van der Waals surface area contributed by atoms with Gasteiger partial charge in [-0.15, -0.1) is 0 Å². The van der Waals surface area contributed by atoms with Gasteiger partial charge >= 0.3 is 23.1 Å². The summed E-state index contributed by atoms with van der Waals surface area (Å²) in [6.45, 7) is 2.00. The molecule has 0 spiro atoms. The van der Waals surface area contributed by atoms with Gasteiger partial charge in [-0.3, -0.25) is 10.9 Å². The van der Waals surface area contributed by atoms with E-state index in [0.717, 1.165) is 16.3 Å². The molecule has 0 aliphatic heterocycles. The first-order valence-corrected chi connectivity index (χ1v) is 3.57. The van der Waals surface area contributed by atoms with Crippen LogP contribution in [0.3, 0.4) is 0 Å². The smallest absolute Gasteiger partial charge is 1.00 e. The van der Waals surface area contributed by atoms with Gasteiger partial charge in [-0.05, 0) is 0 Å². The number of benzene rings is 2. The predicted molar refractivity (Wildman–Crippen MR) is 50.9 cm³/mol. The summed E-state index contributed by atoms with van der Waals surface area (Å²) in [6.07, 6.45) is 0. The Morgan fingerprint density at radius 3 is 2.31 bits per heavy atom. The molecule has 2 aromatic carbocycles. The molecule has 0 N–H and O–H groups in total. The SMILES string of the molecule is Cc1[c-]cc2c[c-]ccc2[c-]1.[Br-].[Mg+2].[Y].[Y].[Y]. The van der Waals surface area contributed by atoms with Crippen LogP contribution in [0.2, 0.25) is 0 Å². The van der Waals surface area contributed by atoms with Gasteiger partial charge in [0.15, 0.2) is 0 Å². The fourth-order valence-electron chi connectivity index (χ4n) is 1.10. The maximum Gasteiger partial charge on any atom is 2.00 e. The summed E-state index contributed by atoms with van der Waals surface area (Å²) in [7, 11) is 0. The Hall–Kier alpha value is 3.26. The van der Waals surface area contributed by atoms with Crippen LogP contribution in [0.15, 0.2) is 24.3 Å². The first-order valence-electron chi connectivity index (χ1n) is 3.57. The molecule has 0 heterocycles. The molecule has 0 fully saturated rings. The third-order valence-electron chi connectivity index (χ3n) is 1.66. The first-order chi connectivity index (χ1) is 5.36. The average Bonchev–Trinajstić information content (AvgIpc) is 2.04. The molecule has 0 amide bonds. The van der Waals surface area contributed by atoms with Crippen LogP contribution in [0.4, 0.5) is 0 Å². The zero-order valence-electron chi connectivity index (χ0n) is 9.13. The number of aryl methyl sites for hydroxylation is 1. The van der Waals surface area contributed by atoms with Crippen molar-refractivity contribution < 1.29 is 115 Å². The van der Waals surface area contributed by atoms with E-state index >= 15 is 0 Å². The van der Waals surface area contributed by atoms with E-state index in [-0.39, 0.29) is 138 Å². The van der Waals surface area contributed by atoms with E-state index in [9.17, 15) is 0 Å². The molecule has 5 heteroatoms. The molecular formula is C11H7BrMgY3-2. The summed E-state index contributed by atoms with van der Waals surface area (Å²) in [4.78, 5) is 0. The second-order valence-electron chi connectivity index (χ2n) is 2.55. The predicted octanol–water partition coefficient (Wildman–Crippen LogP) is -0.836. The third-order valence-corrected chi connectivity index (χ3v) is 1.66. The molecule has 0 atom stereocenters. The fraction of sp³-hybridized carbons (Fsp3) is 0.0909. The number of hydrogen-bond acceptors (Lipinski definition) is 0. The molecule has 0 unspecified atom stereocenters. The molecule has 71 valence electrons. The van der Waals surface area contributed by atoms with Gasteiger partial charge in [-0.2, -0.15) is 29.7 Å². The maximum atomic E-state index is 3.21. The van der Waals surface area contributed by atoms with E-state index in [1.807, 2.05) is 31.2 Å². The Balaban J connectivity index is -0.000000144. The van der Waals surface area contributed by atoms with Gasteiger partial charge in [-0.1, -0.05) is 6.92 Å². The van der Waals surface area contributed by atoms with E-state index < -0.39 is 0 Å². The van der Waals surface area contributed by atoms with E-state index in [2.05, 4.69) is 18.2 Å². The second kappa shape index (κ2) is 14.7. The number of rotatable bonds is 0.